The van der Waals surface area contributed by atoms with Crippen molar-refractivity contribution < 1.29 is 0 Å². The summed E-state index contributed by atoms with van der Waals surface area (Å²) in [6.07, 6.45) is 0. The molecule has 0 saturated heterocycles. The fraction of sp³-hybridized carbons (Fsp3) is 0.400. The zero-order valence-corrected chi connectivity index (χ0v) is 8.04. The van der Waals surface area contributed by atoms with Gasteiger partial charge in [-0.2, -0.15) is 0 Å². The molecule has 1 aromatic rings. The average molecular weight is 166 g/mol. The minimum absolute atomic E-state index is 0.529. The van der Waals surface area contributed by atoms with Crippen LogP contribution in [0.4, 0.5) is 5.69 Å². The van der Waals surface area contributed by atoms with Crippen LogP contribution in [0.2, 0.25) is 0 Å². The molecule has 68 valence electrons. The van der Waals surface area contributed by atoms with Gasteiger partial charge in [0.05, 0.1) is 0 Å². The summed E-state index contributed by atoms with van der Waals surface area (Å²) in [7, 11) is 1.50. The quantitative estimate of drug-likeness (QED) is 0.627. The average Bonchev–Trinajstić information content (AvgIpc) is 2.08. The van der Waals surface area contributed by atoms with Crippen molar-refractivity contribution in [3.8, 4) is 0 Å². The number of nitrogens with two attached hydrogens (primary N) is 2. The van der Waals surface area contributed by atoms with Gasteiger partial charge in [-0.3, -0.25) is 0 Å². The van der Waals surface area contributed by atoms with E-state index in [1.807, 2.05) is 18.2 Å². The fourth-order valence-corrected chi connectivity index (χ4v) is 1.04. The normalized spacial score (nSPS) is 9.08. The Balaban J connectivity index is 0.000000561. The zero-order chi connectivity index (χ0) is 9.56. The second-order valence-electron chi connectivity index (χ2n) is 2.78. The molecule has 4 N–H and O–H groups in total. The third-order valence-electron chi connectivity index (χ3n) is 1.62. The molecule has 0 atom stereocenters. The first kappa shape index (κ1) is 11.0. The summed E-state index contributed by atoms with van der Waals surface area (Å²) >= 11 is 0. The number of benzene rings is 1. The molecule has 1 aromatic carbocycles. The van der Waals surface area contributed by atoms with Gasteiger partial charge in [-0.1, -0.05) is 32.0 Å². The maximum Gasteiger partial charge on any atom is 0.0349 e. The molecular weight excluding hydrogens is 148 g/mol. The van der Waals surface area contributed by atoms with Crippen LogP contribution in [0.3, 0.4) is 0 Å². The highest BCUT2D eigenvalue weighted by molar-refractivity contribution is 5.47. The van der Waals surface area contributed by atoms with E-state index in [1.54, 1.807) is 0 Å². The number of anilines is 1. The molecule has 0 spiro atoms. The summed E-state index contributed by atoms with van der Waals surface area (Å²) in [5.74, 6) is 0.529. The molecule has 2 heteroatoms. The number of para-hydroxylation sites is 1. The van der Waals surface area contributed by atoms with Crippen LogP contribution in [0, 0.1) is 0 Å². The van der Waals surface area contributed by atoms with Gasteiger partial charge in [0.1, 0.15) is 0 Å². The number of nitrogen functional groups attached to an aromatic ring is 1. The summed E-state index contributed by atoms with van der Waals surface area (Å²) in [5.41, 5.74) is 12.4. The molecule has 0 fully saturated rings. The Hall–Kier alpha value is -1.02. The SMILES string of the molecule is CC(C)c1ccccc1N.CN. The molecular formula is C10H18N2. The van der Waals surface area contributed by atoms with Crippen molar-refractivity contribution in [3.05, 3.63) is 29.8 Å². The van der Waals surface area contributed by atoms with Crippen LogP contribution in [0.25, 0.3) is 0 Å². The van der Waals surface area contributed by atoms with E-state index in [-0.39, 0.29) is 0 Å². The van der Waals surface area contributed by atoms with Gasteiger partial charge in [0, 0.05) is 5.69 Å². The highest BCUT2D eigenvalue weighted by Crippen LogP contribution is 2.19. The van der Waals surface area contributed by atoms with E-state index >= 15 is 0 Å². The van der Waals surface area contributed by atoms with E-state index in [0.29, 0.717) is 5.92 Å². The first-order valence-corrected chi connectivity index (χ1v) is 4.14. The van der Waals surface area contributed by atoms with Gasteiger partial charge in [0.2, 0.25) is 0 Å². The Morgan fingerprint density at radius 3 is 1.92 bits per heavy atom. The van der Waals surface area contributed by atoms with Crippen molar-refractivity contribution >= 4 is 5.69 Å². The summed E-state index contributed by atoms with van der Waals surface area (Å²) in [6.45, 7) is 4.29. The van der Waals surface area contributed by atoms with Crippen LogP contribution in [0.5, 0.6) is 0 Å². The molecule has 0 aromatic heterocycles. The van der Waals surface area contributed by atoms with Crippen LogP contribution < -0.4 is 11.5 Å². The monoisotopic (exact) mass is 166 g/mol. The summed E-state index contributed by atoms with van der Waals surface area (Å²) in [6, 6.07) is 7.99. The standard InChI is InChI=1S/C9H13N.CH5N/c1-7(2)8-5-3-4-6-9(8)10;1-2/h3-7H,10H2,1-2H3;2H2,1H3. The maximum atomic E-state index is 5.72. The third kappa shape index (κ3) is 2.93. The lowest BCUT2D eigenvalue weighted by atomic mass is 10.0. The Morgan fingerprint density at radius 1 is 1.08 bits per heavy atom. The smallest absolute Gasteiger partial charge is 0.0349 e. The second-order valence-corrected chi connectivity index (χ2v) is 2.78. The van der Waals surface area contributed by atoms with Crippen LogP contribution in [0.15, 0.2) is 24.3 Å². The molecule has 0 bridgehead atoms. The van der Waals surface area contributed by atoms with Crippen molar-refractivity contribution in [2.24, 2.45) is 5.73 Å². The zero-order valence-electron chi connectivity index (χ0n) is 8.04. The molecule has 0 aliphatic carbocycles. The topological polar surface area (TPSA) is 52.0 Å². The van der Waals surface area contributed by atoms with Gasteiger partial charge in [-0.05, 0) is 24.6 Å². The molecule has 0 saturated carbocycles. The van der Waals surface area contributed by atoms with Crippen molar-refractivity contribution in [2.75, 3.05) is 12.8 Å². The Bertz CT molecular complexity index is 219. The van der Waals surface area contributed by atoms with Gasteiger partial charge in [0.15, 0.2) is 0 Å². The van der Waals surface area contributed by atoms with Crippen LogP contribution >= 0.6 is 0 Å². The van der Waals surface area contributed by atoms with Crippen LogP contribution in [-0.4, -0.2) is 7.05 Å². The predicted octanol–water partition coefficient (Wildman–Crippen LogP) is 1.97. The van der Waals surface area contributed by atoms with Crippen molar-refractivity contribution in [1.82, 2.24) is 0 Å². The number of hydrogen-bond donors (Lipinski definition) is 2. The van der Waals surface area contributed by atoms with Crippen molar-refractivity contribution in [1.29, 1.82) is 0 Å². The highest BCUT2D eigenvalue weighted by atomic mass is 14.6. The van der Waals surface area contributed by atoms with Gasteiger partial charge in [-0.25, -0.2) is 0 Å². The fourth-order valence-electron chi connectivity index (χ4n) is 1.04. The number of hydrogen-bond acceptors (Lipinski definition) is 2. The highest BCUT2D eigenvalue weighted by Gasteiger charge is 2.00. The lowest BCUT2D eigenvalue weighted by molar-refractivity contribution is 0.870. The molecule has 2 nitrogen and oxygen atoms in total. The van der Waals surface area contributed by atoms with E-state index in [0.717, 1.165) is 5.69 Å². The van der Waals surface area contributed by atoms with E-state index in [2.05, 4.69) is 25.6 Å². The minimum Gasteiger partial charge on any atom is -0.398 e. The lowest BCUT2D eigenvalue weighted by Gasteiger charge is -2.07. The largest absolute Gasteiger partial charge is 0.398 e. The lowest BCUT2D eigenvalue weighted by Crippen LogP contribution is -1.94. The van der Waals surface area contributed by atoms with Gasteiger partial charge in [0.25, 0.3) is 0 Å². The summed E-state index contributed by atoms with van der Waals surface area (Å²) in [5, 5.41) is 0. The minimum atomic E-state index is 0.529. The molecule has 0 heterocycles. The van der Waals surface area contributed by atoms with E-state index in [9.17, 15) is 0 Å². The molecule has 0 aliphatic rings. The van der Waals surface area contributed by atoms with E-state index < -0.39 is 0 Å². The summed E-state index contributed by atoms with van der Waals surface area (Å²) in [4.78, 5) is 0. The second kappa shape index (κ2) is 5.61. The first-order valence-electron chi connectivity index (χ1n) is 4.14. The molecule has 12 heavy (non-hydrogen) atoms. The third-order valence-corrected chi connectivity index (χ3v) is 1.62. The molecule has 0 amide bonds. The van der Waals surface area contributed by atoms with Crippen molar-refractivity contribution in [2.45, 2.75) is 19.8 Å². The number of rotatable bonds is 1. The first-order chi connectivity index (χ1) is 5.72. The van der Waals surface area contributed by atoms with E-state index in [4.69, 9.17) is 5.73 Å². The molecule has 0 unspecified atom stereocenters. The maximum absolute atomic E-state index is 5.72. The molecule has 0 aliphatic heterocycles. The molecule has 1 rings (SSSR count). The van der Waals surface area contributed by atoms with Gasteiger partial charge in [-0.15, -0.1) is 0 Å². The Labute approximate surface area is 74.6 Å². The van der Waals surface area contributed by atoms with E-state index in [1.165, 1.54) is 12.6 Å². The van der Waals surface area contributed by atoms with Crippen molar-refractivity contribution in [3.63, 3.8) is 0 Å². The molecule has 0 radical (unpaired) electrons. The Morgan fingerprint density at radius 2 is 1.58 bits per heavy atom. The predicted molar refractivity (Wildman–Crippen MR) is 55.1 cm³/mol. The van der Waals surface area contributed by atoms with Crippen LogP contribution in [0.1, 0.15) is 25.3 Å². The Kier molecular flexibility index (Phi) is 5.13. The summed E-state index contributed by atoms with van der Waals surface area (Å²) < 4.78 is 0. The van der Waals surface area contributed by atoms with Gasteiger partial charge < -0.3 is 11.5 Å². The van der Waals surface area contributed by atoms with Gasteiger partial charge >= 0.3 is 0 Å². The van der Waals surface area contributed by atoms with Crippen LogP contribution in [-0.2, 0) is 0 Å².